The van der Waals surface area contributed by atoms with Crippen molar-refractivity contribution in [2.45, 2.75) is 6.42 Å². The minimum Gasteiger partial charge on any atom is -0.465 e. The van der Waals surface area contributed by atoms with Crippen LogP contribution in [0.1, 0.15) is 11.1 Å². The molecule has 0 fully saturated rings. The molecule has 0 aliphatic heterocycles. The van der Waals surface area contributed by atoms with Crippen molar-refractivity contribution in [1.29, 1.82) is 0 Å². The van der Waals surface area contributed by atoms with Gasteiger partial charge >= 0.3 is 6.09 Å². The summed E-state index contributed by atoms with van der Waals surface area (Å²) in [6.45, 7) is 0. The Morgan fingerprint density at radius 2 is 1.82 bits per heavy atom. The normalized spacial score (nSPS) is 11.8. The maximum Gasteiger partial charge on any atom is 0.409 e. The van der Waals surface area contributed by atoms with Gasteiger partial charge < -0.3 is 5.11 Å². The van der Waals surface area contributed by atoms with Crippen molar-refractivity contribution in [3.8, 4) is 11.1 Å². The van der Waals surface area contributed by atoms with Crippen LogP contribution in [-0.4, -0.2) is 11.2 Å². The number of carbonyl (C=O) groups is 1. The van der Waals surface area contributed by atoms with Crippen molar-refractivity contribution in [3.63, 3.8) is 0 Å². The van der Waals surface area contributed by atoms with Crippen LogP contribution in [0.15, 0.2) is 42.5 Å². The van der Waals surface area contributed by atoms with Crippen LogP contribution in [0.5, 0.6) is 0 Å². The van der Waals surface area contributed by atoms with E-state index in [1.54, 1.807) is 6.07 Å². The fourth-order valence-corrected chi connectivity index (χ4v) is 2.35. The Hall–Kier alpha value is -2.29. The number of anilines is 1. The van der Waals surface area contributed by atoms with Crippen molar-refractivity contribution in [3.05, 3.63) is 53.6 Å². The van der Waals surface area contributed by atoms with E-state index < -0.39 is 6.09 Å². The second kappa shape index (κ2) is 3.63. The van der Waals surface area contributed by atoms with E-state index in [-0.39, 0.29) is 0 Å². The number of amides is 1. The molecule has 1 aliphatic rings. The van der Waals surface area contributed by atoms with Gasteiger partial charge in [-0.1, -0.05) is 30.3 Å². The Kier molecular flexibility index (Phi) is 2.11. The van der Waals surface area contributed by atoms with Gasteiger partial charge in [-0.25, -0.2) is 4.79 Å². The Labute approximate surface area is 98.7 Å². The largest absolute Gasteiger partial charge is 0.465 e. The molecule has 3 heteroatoms. The molecule has 84 valence electrons. The molecule has 0 radical (unpaired) electrons. The zero-order chi connectivity index (χ0) is 11.8. The van der Waals surface area contributed by atoms with Crippen molar-refractivity contribution < 1.29 is 9.90 Å². The molecule has 17 heavy (non-hydrogen) atoms. The van der Waals surface area contributed by atoms with E-state index in [0.29, 0.717) is 5.69 Å². The van der Waals surface area contributed by atoms with Crippen molar-refractivity contribution in [1.82, 2.24) is 0 Å². The Morgan fingerprint density at radius 3 is 2.65 bits per heavy atom. The highest BCUT2D eigenvalue weighted by Crippen LogP contribution is 2.37. The van der Waals surface area contributed by atoms with Gasteiger partial charge in [-0.2, -0.15) is 0 Å². The number of nitrogens with one attached hydrogen (secondary N) is 1. The molecule has 3 rings (SSSR count). The predicted octanol–water partition coefficient (Wildman–Crippen LogP) is 3.35. The molecule has 0 saturated carbocycles. The summed E-state index contributed by atoms with van der Waals surface area (Å²) in [6.07, 6.45) is -0.152. The van der Waals surface area contributed by atoms with Gasteiger partial charge in [0.1, 0.15) is 0 Å². The summed E-state index contributed by atoms with van der Waals surface area (Å²) in [6, 6.07) is 14.0. The third-order valence-electron chi connectivity index (χ3n) is 3.04. The Balaban J connectivity index is 2.04. The molecular weight excluding hydrogens is 214 g/mol. The van der Waals surface area contributed by atoms with Gasteiger partial charge in [0, 0.05) is 5.69 Å². The summed E-state index contributed by atoms with van der Waals surface area (Å²) in [5.41, 5.74) is 5.57. The van der Waals surface area contributed by atoms with E-state index in [0.717, 1.165) is 6.42 Å². The van der Waals surface area contributed by atoms with Gasteiger partial charge in [0.05, 0.1) is 0 Å². The molecule has 1 amide bonds. The molecule has 0 spiro atoms. The average Bonchev–Trinajstić information content (AvgIpc) is 2.65. The van der Waals surface area contributed by atoms with E-state index in [4.69, 9.17) is 5.11 Å². The maximum atomic E-state index is 10.6. The molecule has 1 aliphatic carbocycles. The van der Waals surface area contributed by atoms with Crippen LogP contribution < -0.4 is 5.32 Å². The predicted molar refractivity (Wildman–Crippen MR) is 66.3 cm³/mol. The first-order chi connectivity index (χ1) is 8.24. The summed E-state index contributed by atoms with van der Waals surface area (Å²) in [5.74, 6) is 0. The van der Waals surface area contributed by atoms with Crippen LogP contribution in [0.4, 0.5) is 10.5 Å². The van der Waals surface area contributed by atoms with Crippen LogP contribution in [0.2, 0.25) is 0 Å². The first-order valence-corrected chi connectivity index (χ1v) is 5.45. The molecule has 0 aromatic heterocycles. The topological polar surface area (TPSA) is 49.3 Å². The number of fused-ring (bicyclic) bond motifs is 3. The van der Waals surface area contributed by atoms with Crippen molar-refractivity contribution >= 4 is 11.8 Å². The minimum absolute atomic E-state index is 0.629. The number of hydrogen-bond acceptors (Lipinski definition) is 1. The maximum absolute atomic E-state index is 10.6. The molecule has 3 nitrogen and oxygen atoms in total. The van der Waals surface area contributed by atoms with E-state index in [2.05, 4.69) is 17.4 Å². The Bertz CT molecular complexity index is 605. The van der Waals surface area contributed by atoms with E-state index in [1.165, 1.54) is 22.3 Å². The van der Waals surface area contributed by atoms with Gasteiger partial charge in [-0.3, -0.25) is 5.32 Å². The minimum atomic E-state index is -1.03. The highest BCUT2D eigenvalue weighted by molar-refractivity contribution is 5.85. The van der Waals surface area contributed by atoms with Crippen molar-refractivity contribution in [2.75, 3.05) is 5.32 Å². The van der Waals surface area contributed by atoms with Crippen LogP contribution in [0, 0.1) is 0 Å². The van der Waals surface area contributed by atoms with Gasteiger partial charge in [0.2, 0.25) is 0 Å². The lowest BCUT2D eigenvalue weighted by Crippen LogP contribution is -2.07. The van der Waals surface area contributed by atoms with Gasteiger partial charge in [0.15, 0.2) is 0 Å². The fourth-order valence-electron chi connectivity index (χ4n) is 2.35. The fraction of sp³-hybridized carbons (Fsp3) is 0.0714. The number of benzene rings is 2. The molecule has 2 aromatic rings. The molecule has 0 bridgehead atoms. The molecule has 2 N–H and O–H groups in total. The lowest BCUT2D eigenvalue weighted by molar-refractivity contribution is 0.210. The lowest BCUT2D eigenvalue weighted by Gasteiger charge is -2.04. The highest BCUT2D eigenvalue weighted by atomic mass is 16.4. The second-order valence-corrected chi connectivity index (χ2v) is 4.14. The standard InChI is InChI=1S/C14H11NO2/c16-14(17)15-11-5-6-13-10(8-11)7-9-3-1-2-4-12(9)13/h1-6,8,15H,7H2,(H,16,17). The molecule has 0 heterocycles. The van der Waals surface area contributed by atoms with E-state index >= 15 is 0 Å². The second-order valence-electron chi connectivity index (χ2n) is 4.14. The van der Waals surface area contributed by atoms with E-state index in [9.17, 15) is 4.79 Å². The summed E-state index contributed by atoms with van der Waals surface area (Å²) in [5, 5.41) is 11.1. The van der Waals surface area contributed by atoms with Crippen LogP contribution >= 0.6 is 0 Å². The zero-order valence-corrected chi connectivity index (χ0v) is 9.10. The number of hydrogen-bond donors (Lipinski definition) is 2. The molecule has 0 saturated heterocycles. The Morgan fingerprint density at radius 1 is 1.06 bits per heavy atom. The van der Waals surface area contributed by atoms with Crippen LogP contribution in [0.25, 0.3) is 11.1 Å². The summed E-state index contributed by atoms with van der Waals surface area (Å²) < 4.78 is 0. The van der Waals surface area contributed by atoms with Gasteiger partial charge in [0.25, 0.3) is 0 Å². The molecule has 2 aromatic carbocycles. The third-order valence-corrected chi connectivity index (χ3v) is 3.04. The summed E-state index contributed by atoms with van der Waals surface area (Å²) in [7, 11) is 0. The van der Waals surface area contributed by atoms with Gasteiger partial charge in [-0.15, -0.1) is 0 Å². The number of carboxylic acid groups (broad SMARTS) is 1. The smallest absolute Gasteiger partial charge is 0.409 e. The average molecular weight is 225 g/mol. The third kappa shape index (κ3) is 1.65. The lowest BCUT2D eigenvalue weighted by atomic mass is 10.1. The monoisotopic (exact) mass is 225 g/mol. The van der Waals surface area contributed by atoms with Crippen LogP contribution in [0.3, 0.4) is 0 Å². The summed E-state index contributed by atoms with van der Waals surface area (Å²) in [4.78, 5) is 10.6. The first-order valence-electron chi connectivity index (χ1n) is 5.45. The number of rotatable bonds is 1. The zero-order valence-electron chi connectivity index (χ0n) is 9.10. The highest BCUT2D eigenvalue weighted by Gasteiger charge is 2.17. The van der Waals surface area contributed by atoms with Crippen molar-refractivity contribution in [2.24, 2.45) is 0 Å². The first kappa shape index (κ1) is 9.90. The molecule has 0 atom stereocenters. The SMILES string of the molecule is O=C(O)Nc1ccc2c(c1)Cc1ccccc1-2. The molecular formula is C14H11NO2. The quantitative estimate of drug-likeness (QED) is 0.667. The van der Waals surface area contributed by atoms with E-state index in [1.807, 2.05) is 24.3 Å². The molecule has 0 unspecified atom stereocenters. The summed E-state index contributed by atoms with van der Waals surface area (Å²) >= 11 is 0. The van der Waals surface area contributed by atoms with Gasteiger partial charge in [-0.05, 0) is 40.8 Å². The van der Waals surface area contributed by atoms with Crippen LogP contribution in [-0.2, 0) is 6.42 Å².